The summed E-state index contributed by atoms with van der Waals surface area (Å²) in [4.78, 5) is 0. The Kier molecular flexibility index (Phi) is 5.48. The topological polar surface area (TPSA) is 0 Å². The molecule has 0 aromatic heterocycles. The van der Waals surface area contributed by atoms with Gasteiger partial charge in [-0.3, -0.25) is 0 Å². The zero-order valence-electron chi connectivity index (χ0n) is 7.02. The van der Waals surface area contributed by atoms with E-state index in [2.05, 4.69) is 27.7 Å². The highest BCUT2D eigenvalue weighted by Gasteiger charge is 1.87. The molecule has 0 fully saturated rings. The summed E-state index contributed by atoms with van der Waals surface area (Å²) in [6.45, 7) is 9.18. The molecule has 0 aromatic carbocycles. The fourth-order valence-corrected chi connectivity index (χ4v) is 1.94. The van der Waals surface area contributed by atoms with Crippen LogP contribution in [-0.2, 0) is 0 Å². The van der Waals surface area contributed by atoms with Gasteiger partial charge >= 0.3 is 0 Å². The third kappa shape index (κ3) is 4.90. The molecule has 0 aliphatic carbocycles. The van der Waals surface area contributed by atoms with Crippen LogP contribution in [0.15, 0.2) is 0 Å². The molecule has 0 aliphatic rings. The largest absolute Gasteiger partial charge is 0.534 e. The first kappa shape index (κ1) is 9.43. The molecule has 0 bridgehead atoms. The van der Waals surface area contributed by atoms with Crippen LogP contribution in [0.3, 0.4) is 0 Å². The maximum Gasteiger partial charge on any atom is -0.0674 e. The van der Waals surface area contributed by atoms with Gasteiger partial charge in [-0.2, -0.15) is 11.3 Å². The maximum atomic E-state index is 2.33. The van der Waals surface area contributed by atoms with Crippen LogP contribution in [0.1, 0.15) is 40.5 Å². The van der Waals surface area contributed by atoms with Crippen LogP contribution < -0.4 is 0 Å². The van der Waals surface area contributed by atoms with Gasteiger partial charge in [-0.1, -0.05) is 40.5 Å². The Morgan fingerprint density at radius 3 is 1.56 bits per heavy atom. The molecule has 0 saturated carbocycles. The summed E-state index contributed by atoms with van der Waals surface area (Å²) >= 11 is 0. The zero-order chi connectivity index (χ0) is 7.28. The summed E-state index contributed by atoms with van der Waals surface area (Å²) < 4.78 is 0. The third-order valence-electron chi connectivity index (χ3n) is 1.69. The molecule has 0 spiro atoms. The maximum absolute atomic E-state index is 2.33. The first-order valence-electron chi connectivity index (χ1n) is 3.90. The first-order chi connectivity index (χ1) is 4.20. The van der Waals surface area contributed by atoms with Crippen molar-refractivity contribution in [2.75, 3.05) is 0 Å². The van der Waals surface area contributed by atoms with E-state index < -0.39 is 0 Å². The molecule has 0 radical (unpaired) electrons. The smallest absolute Gasteiger partial charge is 0.0674 e. The zero-order valence-corrected chi connectivity index (χ0v) is 7.91. The summed E-state index contributed by atoms with van der Waals surface area (Å²) in [6, 6.07) is 0. The van der Waals surface area contributed by atoms with Crippen molar-refractivity contribution in [2.45, 2.75) is 51.9 Å². The monoisotopic (exact) mass is 145 g/mol. The molecular weight excluding hydrogens is 127 g/mol. The summed E-state index contributed by atoms with van der Waals surface area (Å²) in [6.07, 6.45) is 2.65. The lowest BCUT2D eigenvalue weighted by molar-refractivity contribution is 0.848. The van der Waals surface area contributed by atoms with E-state index in [-0.39, 0.29) is 0 Å². The lowest BCUT2D eigenvalue weighted by Crippen LogP contribution is -1.98. The van der Waals surface area contributed by atoms with Crippen molar-refractivity contribution in [1.82, 2.24) is 0 Å². The third-order valence-corrected chi connectivity index (χ3v) is 3.44. The van der Waals surface area contributed by atoms with Gasteiger partial charge in [0.1, 0.15) is 0 Å². The summed E-state index contributed by atoms with van der Waals surface area (Å²) in [5, 5.41) is 0. The van der Waals surface area contributed by atoms with E-state index in [4.69, 9.17) is 0 Å². The van der Waals surface area contributed by atoms with E-state index in [1.165, 1.54) is 12.8 Å². The second kappa shape index (κ2) is 5.23. The van der Waals surface area contributed by atoms with Crippen molar-refractivity contribution in [2.24, 2.45) is 0 Å². The fourth-order valence-electron chi connectivity index (χ4n) is 0.645. The molecule has 56 valence electrons. The lowest BCUT2D eigenvalue weighted by atomic mass is 10.4. The van der Waals surface area contributed by atoms with Crippen molar-refractivity contribution in [3.8, 4) is 0 Å². The molecule has 2 unspecified atom stereocenters. The van der Waals surface area contributed by atoms with Crippen LogP contribution >= 0.6 is 8.58 Å². The lowest BCUT2D eigenvalue weighted by Gasteiger charge is -2.31. The van der Waals surface area contributed by atoms with Gasteiger partial charge in [0.15, 0.2) is 0 Å². The first-order valence-corrected chi connectivity index (χ1v) is 4.93. The van der Waals surface area contributed by atoms with E-state index in [1.54, 1.807) is 8.58 Å². The minimum Gasteiger partial charge on any atom is -0.534 e. The molecule has 1 heteroatoms. The highest BCUT2D eigenvalue weighted by molar-refractivity contribution is 7.39. The van der Waals surface area contributed by atoms with Crippen molar-refractivity contribution in [3.05, 3.63) is 0 Å². The van der Waals surface area contributed by atoms with Crippen LogP contribution in [-0.4, -0.2) is 11.3 Å². The Hall–Kier alpha value is 0.430. The van der Waals surface area contributed by atoms with Crippen LogP contribution in [0.5, 0.6) is 0 Å². The molecule has 0 amide bonds. The van der Waals surface area contributed by atoms with Crippen molar-refractivity contribution >= 4 is 8.58 Å². The van der Waals surface area contributed by atoms with Crippen LogP contribution in [0.25, 0.3) is 0 Å². The van der Waals surface area contributed by atoms with Crippen LogP contribution in [0, 0.1) is 0 Å². The molecule has 0 saturated heterocycles. The summed E-state index contributed by atoms with van der Waals surface area (Å²) in [5.74, 6) is 0. The van der Waals surface area contributed by atoms with E-state index in [9.17, 15) is 0 Å². The Morgan fingerprint density at radius 2 is 1.33 bits per heavy atom. The molecule has 0 aromatic rings. The number of rotatable bonds is 4. The van der Waals surface area contributed by atoms with Crippen molar-refractivity contribution in [1.29, 1.82) is 0 Å². The molecule has 0 N–H and O–H groups in total. The highest BCUT2D eigenvalue weighted by atomic mass is 31.1. The second-order valence-corrected chi connectivity index (χ2v) is 4.72. The quantitative estimate of drug-likeness (QED) is 0.531. The number of hydrogen-bond donors (Lipinski definition) is 0. The Balaban J connectivity index is 3.22. The van der Waals surface area contributed by atoms with Crippen LogP contribution in [0.4, 0.5) is 0 Å². The van der Waals surface area contributed by atoms with E-state index in [0.717, 1.165) is 11.3 Å². The molecule has 0 nitrogen and oxygen atoms in total. The van der Waals surface area contributed by atoms with E-state index in [1.807, 2.05) is 0 Å². The highest BCUT2D eigenvalue weighted by Crippen LogP contribution is 2.28. The normalized spacial score (nSPS) is 18.7. The summed E-state index contributed by atoms with van der Waals surface area (Å²) in [7, 11) is 1.64. The van der Waals surface area contributed by atoms with Gasteiger partial charge in [0.05, 0.1) is 0 Å². The molecule has 0 aliphatic heterocycles. The van der Waals surface area contributed by atoms with Gasteiger partial charge in [-0.05, 0) is 0 Å². The molecule has 9 heavy (non-hydrogen) atoms. The van der Waals surface area contributed by atoms with Gasteiger partial charge in [-0.15, -0.1) is 0 Å². The molecule has 2 atom stereocenters. The van der Waals surface area contributed by atoms with E-state index in [0.29, 0.717) is 0 Å². The van der Waals surface area contributed by atoms with E-state index >= 15 is 0 Å². The molecular formula is C8H18P-. The molecule has 0 heterocycles. The fraction of sp³-hybridized carbons (Fsp3) is 1.00. The van der Waals surface area contributed by atoms with Crippen LogP contribution in [0.2, 0.25) is 0 Å². The molecule has 0 rings (SSSR count). The van der Waals surface area contributed by atoms with Gasteiger partial charge < -0.3 is 8.58 Å². The SMILES string of the molecule is CCC(C)[P-]C(C)CC. The van der Waals surface area contributed by atoms with Crippen molar-refractivity contribution < 1.29 is 0 Å². The summed E-state index contributed by atoms with van der Waals surface area (Å²) in [5.41, 5.74) is 1.81. The predicted octanol–water partition coefficient (Wildman–Crippen LogP) is 3.53. The Labute approximate surface area is 61.2 Å². The van der Waals surface area contributed by atoms with Crippen molar-refractivity contribution in [3.63, 3.8) is 0 Å². The van der Waals surface area contributed by atoms with Gasteiger partial charge in [-0.25, -0.2) is 0 Å². The predicted molar refractivity (Wildman–Crippen MR) is 46.4 cm³/mol. The second-order valence-electron chi connectivity index (χ2n) is 2.66. The minimum atomic E-state index is 0.903. The van der Waals surface area contributed by atoms with Gasteiger partial charge in [0.2, 0.25) is 0 Å². The average Bonchev–Trinajstić information content (AvgIpc) is 1.87. The Morgan fingerprint density at radius 1 is 1.00 bits per heavy atom. The van der Waals surface area contributed by atoms with Gasteiger partial charge in [0, 0.05) is 0 Å². The minimum absolute atomic E-state index is 0.903. The Bertz CT molecular complexity index is 53.6. The average molecular weight is 145 g/mol. The standard InChI is InChI=1S/C8H18P/c1-5-7(3)9-8(4)6-2/h7-8H,5-6H2,1-4H3/q-1. The number of hydrogen-bond acceptors (Lipinski definition) is 0. The van der Waals surface area contributed by atoms with Gasteiger partial charge in [0.25, 0.3) is 0 Å².